The molecule has 5 rings (SSSR count). The van der Waals surface area contributed by atoms with Crippen LogP contribution in [0.15, 0.2) is 53.5 Å². The van der Waals surface area contributed by atoms with E-state index in [0.717, 1.165) is 46.1 Å². The van der Waals surface area contributed by atoms with Gasteiger partial charge in [0.15, 0.2) is 5.82 Å². The molecule has 0 aliphatic carbocycles. The number of halogens is 1. The van der Waals surface area contributed by atoms with E-state index >= 15 is 0 Å². The number of carbonyl (C=O) groups is 1. The maximum atomic E-state index is 13.1. The van der Waals surface area contributed by atoms with E-state index in [2.05, 4.69) is 58.2 Å². The molecule has 9 heteroatoms. The van der Waals surface area contributed by atoms with Gasteiger partial charge in [0.05, 0.1) is 12.1 Å². The lowest BCUT2D eigenvalue weighted by Gasteiger charge is -2.13. The molecular weight excluding hydrogens is 516 g/mol. The van der Waals surface area contributed by atoms with Gasteiger partial charge in [-0.05, 0) is 62.4 Å². The smallest absolute Gasteiger partial charge is 0.222 e. The van der Waals surface area contributed by atoms with Crippen molar-refractivity contribution in [2.24, 2.45) is 10.7 Å². The summed E-state index contributed by atoms with van der Waals surface area (Å²) >= 11 is 7.89. The Morgan fingerprint density at radius 2 is 1.76 bits per heavy atom. The Labute approximate surface area is 231 Å². The molecule has 196 valence electrons. The third-order valence-electron chi connectivity index (χ3n) is 6.96. The highest BCUT2D eigenvalue weighted by Crippen LogP contribution is 2.39. The average molecular weight is 547 g/mol. The Morgan fingerprint density at radius 1 is 1.05 bits per heavy atom. The minimum atomic E-state index is -0.468. The van der Waals surface area contributed by atoms with Gasteiger partial charge in [-0.25, -0.2) is 0 Å². The lowest BCUT2D eigenvalue weighted by molar-refractivity contribution is -0.121. The van der Waals surface area contributed by atoms with Crippen LogP contribution in [0.3, 0.4) is 0 Å². The predicted octanol–water partition coefficient (Wildman–Crippen LogP) is 5.40. The average Bonchev–Trinajstić information content (AvgIpc) is 3.39. The van der Waals surface area contributed by atoms with Gasteiger partial charge in [-0.3, -0.25) is 14.4 Å². The largest absolute Gasteiger partial charge is 0.356 e. The number of nitrogens with one attached hydrogen (secondary N) is 1. The molecule has 7 nitrogen and oxygen atoms in total. The van der Waals surface area contributed by atoms with Crippen molar-refractivity contribution in [3.63, 3.8) is 0 Å². The highest BCUT2D eigenvalue weighted by atomic mass is 35.5. The summed E-state index contributed by atoms with van der Waals surface area (Å²) in [6.07, 6.45) is 1.93. The van der Waals surface area contributed by atoms with Crippen molar-refractivity contribution in [3.05, 3.63) is 97.9 Å². The molecule has 0 fully saturated rings. The van der Waals surface area contributed by atoms with Crippen molar-refractivity contribution >= 4 is 34.6 Å². The standard InChI is InChI=1S/C29H31ClN6OS/c1-17-18(2)38-29-26(17)27(22-10-12-23(30)13-11-22)33-24(28-35-34-19(3)36(28)29)15-25(37)32-14-4-5-20-6-8-21(16-31)9-7-20/h6-13,24H,4-5,14-16,31H2,1-3H3,(H,32,37)/t24-/m0/s1. The number of aryl methyl sites for hydroxylation is 3. The number of benzene rings is 2. The molecule has 2 aromatic carbocycles. The number of nitrogens with zero attached hydrogens (tertiary/aromatic N) is 4. The zero-order valence-electron chi connectivity index (χ0n) is 21.8. The summed E-state index contributed by atoms with van der Waals surface area (Å²) in [5.74, 6) is 1.41. The third kappa shape index (κ3) is 5.29. The second kappa shape index (κ2) is 11.2. The van der Waals surface area contributed by atoms with Crippen molar-refractivity contribution in [2.45, 2.75) is 52.6 Å². The van der Waals surface area contributed by atoms with Crippen molar-refractivity contribution in [1.82, 2.24) is 20.1 Å². The molecule has 1 aliphatic heterocycles. The summed E-state index contributed by atoms with van der Waals surface area (Å²) in [5.41, 5.74) is 12.1. The van der Waals surface area contributed by atoms with Crippen LogP contribution >= 0.6 is 22.9 Å². The fourth-order valence-corrected chi connectivity index (χ4v) is 6.08. The number of aromatic nitrogens is 3. The molecule has 0 spiro atoms. The van der Waals surface area contributed by atoms with Crippen LogP contribution < -0.4 is 11.1 Å². The van der Waals surface area contributed by atoms with Crippen LogP contribution in [0.1, 0.15) is 63.2 Å². The van der Waals surface area contributed by atoms with Crippen molar-refractivity contribution in [2.75, 3.05) is 6.54 Å². The Hall–Kier alpha value is -3.33. The van der Waals surface area contributed by atoms with Crippen LogP contribution in [-0.2, 0) is 17.8 Å². The van der Waals surface area contributed by atoms with Gasteiger partial charge in [-0.15, -0.1) is 21.5 Å². The van der Waals surface area contributed by atoms with E-state index in [1.807, 2.05) is 31.2 Å². The first-order valence-corrected chi connectivity index (χ1v) is 14.0. The SMILES string of the molecule is Cc1sc2c(c1C)C(c1ccc(Cl)cc1)=N[C@@H](CC(=O)NCCCc1ccc(CN)cc1)c1nnc(C)n1-2. The van der Waals surface area contributed by atoms with Crippen LogP contribution in [0.25, 0.3) is 5.00 Å². The van der Waals surface area contributed by atoms with Crippen LogP contribution in [0.4, 0.5) is 0 Å². The van der Waals surface area contributed by atoms with E-state index in [4.69, 9.17) is 22.3 Å². The summed E-state index contributed by atoms with van der Waals surface area (Å²) in [6.45, 7) is 7.31. The molecular formula is C29H31ClN6OS. The number of hydrogen-bond donors (Lipinski definition) is 2. The maximum absolute atomic E-state index is 13.1. The molecule has 3 N–H and O–H groups in total. The first-order chi connectivity index (χ1) is 18.4. The first kappa shape index (κ1) is 26.3. The van der Waals surface area contributed by atoms with Gasteiger partial charge in [-0.2, -0.15) is 0 Å². The maximum Gasteiger partial charge on any atom is 0.222 e. The normalized spacial score (nSPS) is 14.4. The van der Waals surface area contributed by atoms with Gasteiger partial charge in [0.2, 0.25) is 5.91 Å². The first-order valence-electron chi connectivity index (χ1n) is 12.8. The Bertz CT molecular complexity index is 1490. The summed E-state index contributed by atoms with van der Waals surface area (Å²) in [5, 5.41) is 13.6. The number of rotatable bonds is 8. The Morgan fingerprint density at radius 3 is 2.47 bits per heavy atom. The topological polar surface area (TPSA) is 98.2 Å². The summed E-state index contributed by atoms with van der Waals surface area (Å²) in [7, 11) is 0. The highest BCUT2D eigenvalue weighted by molar-refractivity contribution is 7.15. The molecule has 2 aromatic heterocycles. The number of aliphatic imine (C=N–C) groups is 1. The lowest BCUT2D eigenvalue weighted by Crippen LogP contribution is -2.26. The summed E-state index contributed by atoms with van der Waals surface area (Å²) in [6, 6.07) is 15.5. The predicted molar refractivity (Wildman–Crippen MR) is 154 cm³/mol. The van der Waals surface area contributed by atoms with Crippen LogP contribution in [0.2, 0.25) is 5.02 Å². The molecule has 0 radical (unpaired) electrons. The van der Waals surface area contributed by atoms with E-state index < -0.39 is 6.04 Å². The van der Waals surface area contributed by atoms with Gasteiger partial charge in [-0.1, -0.05) is 48.0 Å². The number of hydrogen-bond acceptors (Lipinski definition) is 6. The van der Waals surface area contributed by atoms with Crippen molar-refractivity contribution < 1.29 is 4.79 Å². The number of nitrogens with two attached hydrogens (primary N) is 1. The number of thiophene rings is 1. The molecule has 0 saturated carbocycles. The van der Waals surface area contributed by atoms with Crippen LogP contribution in [0.5, 0.6) is 0 Å². The Balaban J connectivity index is 1.38. The zero-order chi connectivity index (χ0) is 26.8. The van der Waals surface area contributed by atoms with Gasteiger partial charge < -0.3 is 11.1 Å². The van der Waals surface area contributed by atoms with E-state index in [-0.39, 0.29) is 12.3 Å². The number of carbonyl (C=O) groups excluding carboxylic acids is 1. The second-order valence-electron chi connectivity index (χ2n) is 9.58. The highest BCUT2D eigenvalue weighted by Gasteiger charge is 2.32. The Kier molecular flexibility index (Phi) is 7.74. The van der Waals surface area contributed by atoms with Gasteiger partial charge in [0, 0.05) is 34.1 Å². The van der Waals surface area contributed by atoms with E-state index in [0.29, 0.717) is 23.9 Å². The van der Waals surface area contributed by atoms with Crippen molar-refractivity contribution in [1.29, 1.82) is 0 Å². The molecule has 3 heterocycles. The molecule has 0 bridgehead atoms. The molecule has 0 unspecified atom stereocenters. The number of amides is 1. The minimum absolute atomic E-state index is 0.0574. The summed E-state index contributed by atoms with van der Waals surface area (Å²) < 4.78 is 2.06. The number of fused-ring (bicyclic) bond motifs is 3. The van der Waals surface area contributed by atoms with Crippen LogP contribution in [-0.4, -0.2) is 32.9 Å². The fraction of sp³-hybridized carbons (Fsp3) is 0.310. The molecule has 1 amide bonds. The van der Waals surface area contributed by atoms with Gasteiger partial charge in [0.1, 0.15) is 16.9 Å². The molecule has 1 aliphatic rings. The minimum Gasteiger partial charge on any atom is -0.356 e. The quantitative estimate of drug-likeness (QED) is 0.289. The van der Waals surface area contributed by atoms with Crippen molar-refractivity contribution in [3.8, 4) is 5.00 Å². The van der Waals surface area contributed by atoms with Gasteiger partial charge >= 0.3 is 0 Å². The zero-order valence-corrected chi connectivity index (χ0v) is 23.4. The molecule has 1 atom stereocenters. The fourth-order valence-electron chi connectivity index (χ4n) is 4.74. The van der Waals surface area contributed by atoms with E-state index in [1.165, 1.54) is 16.0 Å². The molecule has 4 aromatic rings. The monoisotopic (exact) mass is 546 g/mol. The lowest BCUT2D eigenvalue weighted by atomic mass is 9.99. The molecule has 0 saturated heterocycles. The van der Waals surface area contributed by atoms with Crippen LogP contribution in [0, 0.1) is 20.8 Å². The second-order valence-corrected chi connectivity index (χ2v) is 11.2. The van der Waals surface area contributed by atoms with E-state index in [9.17, 15) is 4.79 Å². The van der Waals surface area contributed by atoms with E-state index in [1.54, 1.807) is 11.3 Å². The summed E-state index contributed by atoms with van der Waals surface area (Å²) in [4.78, 5) is 19.5. The molecule has 38 heavy (non-hydrogen) atoms. The third-order valence-corrected chi connectivity index (χ3v) is 8.40. The van der Waals surface area contributed by atoms with Gasteiger partial charge in [0.25, 0.3) is 0 Å².